The van der Waals surface area contributed by atoms with E-state index in [0.29, 0.717) is 37.1 Å². The SMILES string of the molecule is CCCC1CCC(C2CCC(C3COC(c4ccc(OCC)c(F)c4F)OC3)CC2)CO1. The lowest BCUT2D eigenvalue weighted by Gasteiger charge is -2.41. The predicted octanol–water partition coefficient (Wildman–Crippen LogP) is 6.43. The van der Waals surface area contributed by atoms with E-state index < -0.39 is 17.9 Å². The van der Waals surface area contributed by atoms with E-state index in [-0.39, 0.29) is 17.9 Å². The summed E-state index contributed by atoms with van der Waals surface area (Å²) in [5.41, 5.74) is 0.104. The van der Waals surface area contributed by atoms with E-state index in [1.54, 1.807) is 6.92 Å². The summed E-state index contributed by atoms with van der Waals surface area (Å²) in [5, 5.41) is 0. The molecule has 32 heavy (non-hydrogen) atoms. The highest BCUT2D eigenvalue weighted by Crippen LogP contribution is 2.42. The molecule has 180 valence electrons. The zero-order chi connectivity index (χ0) is 22.5. The van der Waals surface area contributed by atoms with Gasteiger partial charge in [-0.3, -0.25) is 0 Å². The Kier molecular flexibility index (Phi) is 8.41. The summed E-state index contributed by atoms with van der Waals surface area (Å²) in [4.78, 5) is 0. The minimum atomic E-state index is -0.982. The summed E-state index contributed by atoms with van der Waals surface area (Å²) in [6.45, 7) is 6.23. The largest absolute Gasteiger partial charge is 0.491 e. The molecular weight excluding hydrogens is 414 g/mol. The van der Waals surface area contributed by atoms with Crippen LogP contribution in [0.25, 0.3) is 0 Å². The van der Waals surface area contributed by atoms with Crippen LogP contribution in [0.1, 0.15) is 77.1 Å². The first-order valence-corrected chi connectivity index (χ1v) is 12.6. The fraction of sp³-hybridized carbons (Fsp3) is 0.769. The first-order valence-electron chi connectivity index (χ1n) is 12.6. The van der Waals surface area contributed by atoms with Crippen LogP contribution in [0.5, 0.6) is 5.75 Å². The number of benzene rings is 1. The fourth-order valence-electron chi connectivity index (χ4n) is 5.80. The normalized spacial score (nSPS) is 33.8. The van der Waals surface area contributed by atoms with Gasteiger partial charge in [0, 0.05) is 11.5 Å². The van der Waals surface area contributed by atoms with Crippen molar-refractivity contribution in [2.75, 3.05) is 26.4 Å². The lowest BCUT2D eigenvalue weighted by atomic mass is 9.70. The molecule has 0 radical (unpaired) electrons. The van der Waals surface area contributed by atoms with Crippen LogP contribution in [0.4, 0.5) is 8.78 Å². The van der Waals surface area contributed by atoms with Gasteiger partial charge < -0.3 is 18.9 Å². The number of rotatable bonds is 7. The van der Waals surface area contributed by atoms with Crippen molar-refractivity contribution in [3.8, 4) is 5.75 Å². The van der Waals surface area contributed by atoms with Crippen LogP contribution in [0.15, 0.2) is 12.1 Å². The van der Waals surface area contributed by atoms with Gasteiger partial charge in [0.2, 0.25) is 5.82 Å². The van der Waals surface area contributed by atoms with Crippen LogP contribution in [-0.2, 0) is 14.2 Å². The van der Waals surface area contributed by atoms with Gasteiger partial charge in [-0.25, -0.2) is 4.39 Å². The number of ether oxygens (including phenoxy) is 4. The van der Waals surface area contributed by atoms with Gasteiger partial charge in [-0.1, -0.05) is 13.3 Å². The second-order valence-electron chi connectivity index (χ2n) is 9.73. The number of hydrogen-bond acceptors (Lipinski definition) is 4. The Morgan fingerprint density at radius 1 is 0.781 bits per heavy atom. The van der Waals surface area contributed by atoms with Crippen molar-refractivity contribution < 1.29 is 27.7 Å². The zero-order valence-electron chi connectivity index (χ0n) is 19.5. The lowest BCUT2D eigenvalue weighted by Crippen LogP contribution is -2.37. The van der Waals surface area contributed by atoms with Gasteiger partial charge in [-0.15, -0.1) is 0 Å². The molecule has 0 aromatic heterocycles. The summed E-state index contributed by atoms with van der Waals surface area (Å²) < 4.78 is 51.6. The molecule has 6 heteroatoms. The van der Waals surface area contributed by atoms with E-state index in [2.05, 4.69) is 6.92 Å². The molecule has 2 heterocycles. The highest BCUT2D eigenvalue weighted by atomic mass is 19.2. The van der Waals surface area contributed by atoms with Gasteiger partial charge in [0.1, 0.15) is 0 Å². The molecule has 0 amide bonds. The molecule has 1 aromatic carbocycles. The van der Waals surface area contributed by atoms with Crippen molar-refractivity contribution in [2.45, 2.75) is 77.6 Å². The molecule has 3 aliphatic rings. The van der Waals surface area contributed by atoms with E-state index in [1.807, 2.05) is 0 Å². The van der Waals surface area contributed by atoms with Crippen LogP contribution in [0, 0.1) is 35.3 Å². The molecule has 0 N–H and O–H groups in total. The van der Waals surface area contributed by atoms with Gasteiger partial charge >= 0.3 is 0 Å². The maximum Gasteiger partial charge on any atom is 0.201 e. The van der Waals surface area contributed by atoms with Gasteiger partial charge in [0.25, 0.3) is 0 Å². The van der Waals surface area contributed by atoms with Crippen LogP contribution >= 0.6 is 0 Å². The number of hydrogen-bond donors (Lipinski definition) is 0. The third-order valence-corrected chi connectivity index (χ3v) is 7.72. The van der Waals surface area contributed by atoms with Crippen molar-refractivity contribution in [1.29, 1.82) is 0 Å². The molecule has 1 saturated carbocycles. The Balaban J connectivity index is 1.23. The molecule has 0 spiro atoms. The minimum absolute atomic E-state index is 0.0801. The first-order chi connectivity index (χ1) is 15.6. The topological polar surface area (TPSA) is 36.9 Å². The second-order valence-corrected chi connectivity index (χ2v) is 9.73. The Hall–Kier alpha value is -1.24. The highest BCUT2D eigenvalue weighted by Gasteiger charge is 2.36. The van der Waals surface area contributed by atoms with Crippen LogP contribution < -0.4 is 4.74 Å². The molecule has 1 aliphatic carbocycles. The van der Waals surface area contributed by atoms with E-state index in [4.69, 9.17) is 18.9 Å². The monoisotopic (exact) mass is 452 g/mol. The molecule has 3 fully saturated rings. The molecule has 2 atom stereocenters. The maximum atomic E-state index is 14.5. The van der Waals surface area contributed by atoms with Gasteiger partial charge in [0.15, 0.2) is 17.9 Å². The van der Waals surface area contributed by atoms with Gasteiger partial charge in [-0.05, 0) is 81.8 Å². The van der Waals surface area contributed by atoms with Crippen LogP contribution in [0.2, 0.25) is 0 Å². The summed E-state index contributed by atoms with van der Waals surface area (Å²) in [5.74, 6) is 0.368. The van der Waals surface area contributed by atoms with Crippen molar-refractivity contribution in [1.82, 2.24) is 0 Å². The average molecular weight is 453 g/mol. The predicted molar refractivity (Wildman–Crippen MR) is 118 cm³/mol. The molecule has 2 unspecified atom stereocenters. The minimum Gasteiger partial charge on any atom is -0.491 e. The van der Waals surface area contributed by atoms with E-state index >= 15 is 0 Å². The van der Waals surface area contributed by atoms with E-state index in [0.717, 1.165) is 12.5 Å². The summed E-state index contributed by atoms with van der Waals surface area (Å²) in [6, 6.07) is 2.94. The quantitative estimate of drug-likeness (QED) is 0.478. The molecule has 2 aliphatic heterocycles. The van der Waals surface area contributed by atoms with Crippen molar-refractivity contribution in [3.63, 3.8) is 0 Å². The second kappa shape index (κ2) is 11.3. The number of halogens is 2. The fourth-order valence-corrected chi connectivity index (χ4v) is 5.80. The van der Waals surface area contributed by atoms with Crippen molar-refractivity contribution in [3.05, 3.63) is 29.3 Å². The molecule has 2 saturated heterocycles. The third kappa shape index (κ3) is 5.45. The average Bonchev–Trinajstić information content (AvgIpc) is 2.83. The Morgan fingerprint density at radius 2 is 1.41 bits per heavy atom. The van der Waals surface area contributed by atoms with Crippen molar-refractivity contribution in [2.24, 2.45) is 23.7 Å². The first kappa shape index (κ1) is 23.9. The smallest absolute Gasteiger partial charge is 0.201 e. The van der Waals surface area contributed by atoms with E-state index in [9.17, 15) is 8.78 Å². The van der Waals surface area contributed by atoms with Gasteiger partial charge in [0.05, 0.1) is 32.5 Å². The summed E-state index contributed by atoms with van der Waals surface area (Å²) >= 11 is 0. The molecule has 1 aromatic rings. The zero-order valence-corrected chi connectivity index (χ0v) is 19.5. The summed E-state index contributed by atoms with van der Waals surface area (Å²) in [6.07, 6.45) is 9.40. The van der Waals surface area contributed by atoms with E-state index in [1.165, 1.54) is 63.5 Å². The Bertz CT molecular complexity index is 719. The lowest BCUT2D eigenvalue weighted by molar-refractivity contribution is -0.216. The van der Waals surface area contributed by atoms with Gasteiger partial charge in [-0.2, -0.15) is 4.39 Å². The third-order valence-electron chi connectivity index (χ3n) is 7.72. The Labute approximate surface area is 190 Å². The van der Waals surface area contributed by atoms with Crippen molar-refractivity contribution >= 4 is 0 Å². The standard InChI is InChI=1S/C26H38F2O4/c1-3-5-21-11-10-19(14-30-21)17-6-8-18(9-7-17)20-15-31-26(32-16-20)22-12-13-23(29-4-2)25(28)24(22)27/h12-13,17-21,26H,3-11,14-16H2,1-2H3. The maximum absolute atomic E-state index is 14.5. The molecule has 0 bridgehead atoms. The van der Waals surface area contributed by atoms with Crippen LogP contribution in [-0.4, -0.2) is 32.5 Å². The van der Waals surface area contributed by atoms with Crippen LogP contribution in [0.3, 0.4) is 0 Å². The molecule has 4 rings (SSSR count). The highest BCUT2D eigenvalue weighted by molar-refractivity contribution is 5.31. The summed E-state index contributed by atoms with van der Waals surface area (Å²) in [7, 11) is 0. The Morgan fingerprint density at radius 3 is 2.00 bits per heavy atom. The molecular formula is C26H38F2O4. The molecule has 4 nitrogen and oxygen atoms in total.